The molecule has 6 rings (SSSR count). The van der Waals surface area contributed by atoms with Gasteiger partial charge in [-0.15, -0.1) is 0 Å². The molecule has 5 aromatic rings. The second-order valence-corrected chi connectivity index (χ2v) is 9.34. The molecule has 0 nitrogen and oxygen atoms in total. The molecule has 0 aliphatic heterocycles. The minimum atomic E-state index is 1.10. The highest BCUT2D eigenvalue weighted by Crippen LogP contribution is 2.37. The summed E-state index contributed by atoms with van der Waals surface area (Å²) in [5, 5.41) is 0. The van der Waals surface area contributed by atoms with E-state index >= 15 is 0 Å². The third-order valence-electron chi connectivity index (χ3n) is 6.85. The number of allylic oxidation sites excluding steroid dienone is 4. The minimum absolute atomic E-state index is 1.10. The first-order valence-electron chi connectivity index (χ1n) is 12.7. The average Bonchev–Trinajstić information content (AvgIpc) is 2.98. The zero-order chi connectivity index (χ0) is 24.2. The zero-order valence-corrected chi connectivity index (χ0v) is 20.3. The first-order chi connectivity index (χ1) is 17.8. The Morgan fingerprint density at radius 3 is 1.06 bits per heavy atom. The first kappa shape index (κ1) is 22.1. The maximum Gasteiger partial charge on any atom is -0.0171 e. The number of benzene rings is 5. The predicted molar refractivity (Wildman–Crippen MR) is 155 cm³/mol. The lowest BCUT2D eigenvalue weighted by Gasteiger charge is -2.15. The van der Waals surface area contributed by atoms with Crippen molar-refractivity contribution >= 4 is 5.57 Å². The number of hydrogen-bond donors (Lipinski definition) is 0. The second kappa shape index (κ2) is 10.1. The number of rotatable bonds is 5. The summed E-state index contributed by atoms with van der Waals surface area (Å²) in [5.41, 5.74) is 12.5. The molecule has 1 aliphatic carbocycles. The lowest BCUT2D eigenvalue weighted by atomic mass is 9.89. The standard InChI is InChI=1S/C36H28/c1-5-13-27(14-6-1)31-21-32(28-15-7-2-8-16-28)24-35(23-31)36-25-33(29-17-9-3-10-18-29)22-34(26-36)30-19-11-4-12-20-30/h1-3,5-11,13-26H,4,12H2. The molecule has 5 aromatic carbocycles. The molecule has 0 bridgehead atoms. The molecule has 0 fully saturated rings. The van der Waals surface area contributed by atoms with Gasteiger partial charge < -0.3 is 0 Å². The summed E-state index contributed by atoms with van der Waals surface area (Å²) in [6, 6.07) is 46.1. The Hall–Kier alpha value is -4.42. The van der Waals surface area contributed by atoms with Gasteiger partial charge in [-0.25, -0.2) is 0 Å². The molecule has 0 radical (unpaired) electrons. The van der Waals surface area contributed by atoms with Crippen LogP contribution in [0.3, 0.4) is 0 Å². The summed E-state index contributed by atoms with van der Waals surface area (Å²) >= 11 is 0. The molecule has 0 amide bonds. The Labute approximate surface area is 213 Å². The van der Waals surface area contributed by atoms with Gasteiger partial charge in [-0.1, -0.05) is 109 Å². The molecule has 0 atom stereocenters. The molecule has 0 heteroatoms. The van der Waals surface area contributed by atoms with E-state index in [2.05, 4.69) is 146 Å². The quantitative estimate of drug-likeness (QED) is 0.245. The summed E-state index contributed by atoms with van der Waals surface area (Å²) in [6.45, 7) is 0. The van der Waals surface area contributed by atoms with Crippen molar-refractivity contribution in [3.8, 4) is 44.5 Å². The van der Waals surface area contributed by atoms with Crippen LogP contribution in [-0.2, 0) is 0 Å². The molecular formula is C36H28. The van der Waals surface area contributed by atoms with Crippen LogP contribution in [0.4, 0.5) is 0 Å². The Balaban J connectivity index is 1.57. The minimum Gasteiger partial charge on any atom is -0.0836 e. The average molecular weight is 461 g/mol. The molecule has 36 heavy (non-hydrogen) atoms. The molecular weight excluding hydrogens is 432 g/mol. The van der Waals surface area contributed by atoms with E-state index in [1.807, 2.05) is 0 Å². The van der Waals surface area contributed by atoms with Crippen LogP contribution in [0.25, 0.3) is 50.1 Å². The summed E-state index contributed by atoms with van der Waals surface area (Å²) in [4.78, 5) is 0. The van der Waals surface area contributed by atoms with E-state index in [1.165, 1.54) is 55.6 Å². The highest BCUT2D eigenvalue weighted by atomic mass is 14.2. The van der Waals surface area contributed by atoms with Crippen LogP contribution in [-0.4, -0.2) is 0 Å². The van der Waals surface area contributed by atoms with E-state index < -0.39 is 0 Å². The van der Waals surface area contributed by atoms with Gasteiger partial charge in [-0.2, -0.15) is 0 Å². The maximum absolute atomic E-state index is 2.36. The molecule has 0 saturated carbocycles. The Morgan fingerprint density at radius 2 is 0.694 bits per heavy atom. The first-order valence-corrected chi connectivity index (χ1v) is 12.7. The van der Waals surface area contributed by atoms with Crippen LogP contribution in [0.15, 0.2) is 146 Å². The van der Waals surface area contributed by atoms with Crippen molar-refractivity contribution in [1.29, 1.82) is 0 Å². The topological polar surface area (TPSA) is 0 Å². The molecule has 172 valence electrons. The molecule has 0 spiro atoms. The lowest BCUT2D eigenvalue weighted by molar-refractivity contribution is 1.04. The highest BCUT2D eigenvalue weighted by molar-refractivity contribution is 5.86. The van der Waals surface area contributed by atoms with E-state index in [-0.39, 0.29) is 0 Å². The molecule has 0 heterocycles. The van der Waals surface area contributed by atoms with Crippen molar-refractivity contribution < 1.29 is 0 Å². The van der Waals surface area contributed by atoms with Gasteiger partial charge in [0.05, 0.1) is 0 Å². The fourth-order valence-corrected chi connectivity index (χ4v) is 4.97. The van der Waals surface area contributed by atoms with Gasteiger partial charge in [0.15, 0.2) is 0 Å². The van der Waals surface area contributed by atoms with Gasteiger partial charge in [0, 0.05) is 0 Å². The van der Waals surface area contributed by atoms with Gasteiger partial charge in [-0.3, -0.25) is 0 Å². The van der Waals surface area contributed by atoms with Gasteiger partial charge in [0.2, 0.25) is 0 Å². The summed E-state index contributed by atoms with van der Waals surface area (Å²) in [6.07, 6.45) is 9.14. The second-order valence-electron chi connectivity index (χ2n) is 9.34. The summed E-state index contributed by atoms with van der Waals surface area (Å²) < 4.78 is 0. The Kier molecular flexibility index (Phi) is 6.17. The monoisotopic (exact) mass is 460 g/mol. The van der Waals surface area contributed by atoms with Crippen LogP contribution in [0.1, 0.15) is 18.4 Å². The Bertz CT molecular complexity index is 1480. The zero-order valence-electron chi connectivity index (χ0n) is 20.3. The summed E-state index contributed by atoms with van der Waals surface area (Å²) in [7, 11) is 0. The van der Waals surface area contributed by atoms with E-state index in [9.17, 15) is 0 Å². The molecule has 0 N–H and O–H groups in total. The third kappa shape index (κ3) is 4.72. The third-order valence-corrected chi connectivity index (χ3v) is 6.85. The van der Waals surface area contributed by atoms with Gasteiger partial charge >= 0.3 is 0 Å². The van der Waals surface area contributed by atoms with E-state index in [1.54, 1.807) is 0 Å². The SMILES string of the molecule is C1=CC(c2cc(-c3ccccc3)cc(-c3cc(-c4ccccc4)cc(-c4ccccc4)c3)c2)=CCC1. The van der Waals surface area contributed by atoms with Crippen molar-refractivity contribution in [3.05, 3.63) is 151 Å². The predicted octanol–water partition coefficient (Wildman–Crippen LogP) is 10.1. The maximum atomic E-state index is 2.36. The molecule has 0 saturated heterocycles. The molecule has 0 aromatic heterocycles. The van der Waals surface area contributed by atoms with Gasteiger partial charge in [-0.05, 0) is 105 Å². The fraction of sp³-hybridized carbons (Fsp3) is 0.0556. The van der Waals surface area contributed by atoms with Crippen molar-refractivity contribution in [2.45, 2.75) is 12.8 Å². The van der Waals surface area contributed by atoms with Crippen LogP contribution >= 0.6 is 0 Å². The van der Waals surface area contributed by atoms with Gasteiger partial charge in [0.25, 0.3) is 0 Å². The lowest BCUT2D eigenvalue weighted by Crippen LogP contribution is -1.91. The smallest absolute Gasteiger partial charge is 0.0171 e. The van der Waals surface area contributed by atoms with Crippen LogP contribution < -0.4 is 0 Å². The van der Waals surface area contributed by atoms with Crippen LogP contribution in [0, 0.1) is 0 Å². The fourth-order valence-electron chi connectivity index (χ4n) is 4.97. The molecule has 0 unspecified atom stereocenters. The van der Waals surface area contributed by atoms with Crippen LogP contribution in [0.2, 0.25) is 0 Å². The van der Waals surface area contributed by atoms with Crippen molar-refractivity contribution in [3.63, 3.8) is 0 Å². The Morgan fingerprint density at radius 1 is 0.333 bits per heavy atom. The van der Waals surface area contributed by atoms with E-state index in [4.69, 9.17) is 0 Å². The van der Waals surface area contributed by atoms with Crippen molar-refractivity contribution in [2.75, 3.05) is 0 Å². The van der Waals surface area contributed by atoms with Crippen molar-refractivity contribution in [2.24, 2.45) is 0 Å². The van der Waals surface area contributed by atoms with E-state index in [0.717, 1.165) is 12.8 Å². The van der Waals surface area contributed by atoms with Crippen molar-refractivity contribution in [1.82, 2.24) is 0 Å². The summed E-state index contributed by atoms with van der Waals surface area (Å²) in [5.74, 6) is 0. The largest absolute Gasteiger partial charge is 0.0836 e. The highest BCUT2D eigenvalue weighted by Gasteiger charge is 2.12. The van der Waals surface area contributed by atoms with Gasteiger partial charge in [0.1, 0.15) is 0 Å². The normalized spacial score (nSPS) is 12.8. The number of hydrogen-bond acceptors (Lipinski definition) is 0. The van der Waals surface area contributed by atoms with E-state index in [0.29, 0.717) is 0 Å². The van der Waals surface area contributed by atoms with Crippen LogP contribution in [0.5, 0.6) is 0 Å². The molecule has 1 aliphatic rings.